The number of hydrogen-bond donors (Lipinski definition) is 1. The number of fused-ring (bicyclic) bond motifs is 1. The molecule has 1 N–H and O–H groups in total. The molecule has 0 aliphatic carbocycles. The summed E-state index contributed by atoms with van der Waals surface area (Å²) in [5, 5.41) is 10.8. The molecule has 0 unspecified atom stereocenters. The Labute approximate surface area is 238 Å². The molecule has 0 saturated carbocycles. The topological polar surface area (TPSA) is 63.8 Å². The monoisotopic (exact) mass is 530 g/mol. The Morgan fingerprint density at radius 1 is 0.634 bits per heavy atom. The lowest BCUT2D eigenvalue weighted by Crippen LogP contribution is -1.97. The van der Waals surface area contributed by atoms with Crippen LogP contribution < -0.4 is 0 Å². The van der Waals surface area contributed by atoms with Crippen LogP contribution in [0, 0.1) is 6.92 Å². The van der Waals surface area contributed by atoms with Gasteiger partial charge in [-0.1, -0.05) is 78.9 Å². The van der Waals surface area contributed by atoms with Crippen molar-refractivity contribution in [3.8, 4) is 56.5 Å². The molecule has 0 bridgehead atoms. The Hall–Kier alpha value is -5.55. The number of para-hydroxylation sites is 2. The molecule has 0 aliphatic heterocycles. The van der Waals surface area contributed by atoms with Gasteiger partial charge in [-0.15, -0.1) is 0 Å². The first-order chi connectivity index (χ1) is 20.2. The quantitative estimate of drug-likeness (QED) is 0.242. The second kappa shape index (κ2) is 10.2. The largest absolute Gasteiger partial charge is 0.507 e. The normalized spacial score (nSPS) is 11.1. The summed E-state index contributed by atoms with van der Waals surface area (Å²) < 4.78 is 2.08. The molecule has 0 aliphatic rings. The first-order valence-electron chi connectivity index (χ1n) is 13.5. The number of aryl methyl sites for hydroxylation is 1. The fourth-order valence-electron chi connectivity index (χ4n) is 5.33. The average molecular weight is 531 g/mol. The number of benzene rings is 4. The van der Waals surface area contributed by atoms with Crippen LogP contribution in [0.5, 0.6) is 5.75 Å². The van der Waals surface area contributed by atoms with Gasteiger partial charge in [0.15, 0.2) is 0 Å². The van der Waals surface area contributed by atoms with Crippen molar-refractivity contribution in [1.29, 1.82) is 0 Å². The van der Waals surface area contributed by atoms with E-state index < -0.39 is 0 Å². The van der Waals surface area contributed by atoms with Crippen molar-refractivity contribution in [2.75, 3.05) is 0 Å². The summed E-state index contributed by atoms with van der Waals surface area (Å²) in [5.41, 5.74) is 10.3. The van der Waals surface area contributed by atoms with Crippen molar-refractivity contribution in [2.24, 2.45) is 0 Å². The standard InChI is InChI=1S/C36H26N4O/c1-24-23-38-31(22-30(24)25-11-4-2-5-12-25)26-13-10-14-27(21-26)34-35-32(19-20-37-34)40(28-15-6-3-7-16-28)36(39-35)29-17-8-9-18-33(29)41/h2-23,41H,1H3. The molecule has 0 atom stereocenters. The maximum atomic E-state index is 10.8. The average Bonchev–Trinajstić information content (AvgIpc) is 3.42. The van der Waals surface area contributed by atoms with E-state index in [4.69, 9.17) is 15.0 Å². The zero-order valence-electron chi connectivity index (χ0n) is 22.4. The highest BCUT2D eigenvalue weighted by atomic mass is 16.3. The van der Waals surface area contributed by atoms with E-state index in [0.29, 0.717) is 11.4 Å². The number of rotatable bonds is 5. The van der Waals surface area contributed by atoms with Gasteiger partial charge in [0, 0.05) is 29.2 Å². The summed E-state index contributed by atoms with van der Waals surface area (Å²) in [4.78, 5) is 14.7. The molecule has 3 aromatic heterocycles. The van der Waals surface area contributed by atoms with E-state index >= 15 is 0 Å². The second-order valence-electron chi connectivity index (χ2n) is 9.98. The third-order valence-electron chi connectivity index (χ3n) is 7.35. The van der Waals surface area contributed by atoms with Crippen LogP contribution in [-0.2, 0) is 0 Å². The minimum atomic E-state index is 0.177. The smallest absolute Gasteiger partial charge is 0.149 e. The van der Waals surface area contributed by atoms with Gasteiger partial charge in [0.1, 0.15) is 17.1 Å². The molecule has 41 heavy (non-hydrogen) atoms. The molecule has 0 radical (unpaired) electrons. The summed E-state index contributed by atoms with van der Waals surface area (Å²) in [6.45, 7) is 2.09. The number of aromatic hydroxyl groups is 1. The molecular weight excluding hydrogens is 504 g/mol. The van der Waals surface area contributed by atoms with Crippen LogP contribution in [0.25, 0.3) is 61.8 Å². The van der Waals surface area contributed by atoms with Crippen molar-refractivity contribution < 1.29 is 5.11 Å². The first kappa shape index (κ1) is 24.5. The number of nitrogens with zero attached hydrogens (tertiary/aromatic N) is 4. The number of phenols is 1. The Balaban J connectivity index is 1.40. The van der Waals surface area contributed by atoms with Gasteiger partial charge in [0.2, 0.25) is 0 Å². The molecular formula is C36H26N4O. The van der Waals surface area contributed by atoms with E-state index in [-0.39, 0.29) is 5.75 Å². The van der Waals surface area contributed by atoms with Crippen LogP contribution in [0.4, 0.5) is 0 Å². The summed E-state index contributed by atoms with van der Waals surface area (Å²) >= 11 is 0. The zero-order valence-corrected chi connectivity index (χ0v) is 22.4. The summed E-state index contributed by atoms with van der Waals surface area (Å²) in [7, 11) is 0. The van der Waals surface area contributed by atoms with E-state index in [1.165, 1.54) is 5.56 Å². The van der Waals surface area contributed by atoms with E-state index in [1.54, 1.807) is 6.07 Å². The third kappa shape index (κ3) is 4.43. The van der Waals surface area contributed by atoms with Crippen molar-refractivity contribution in [1.82, 2.24) is 19.5 Å². The molecule has 5 heteroatoms. The Morgan fingerprint density at radius 2 is 1.34 bits per heavy atom. The Bertz CT molecular complexity index is 2010. The van der Waals surface area contributed by atoms with Gasteiger partial charge < -0.3 is 5.11 Å². The molecule has 0 spiro atoms. The predicted molar refractivity (Wildman–Crippen MR) is 165 cm³/mol. The molecule has 4 aromatic carbocycles. The number of phenolic OH excluding ortho intramolecular Hbond substituents is 1. The Kier molecular flexibility index (Phi) is 6.10. The second-order valence-corrected chi connectivity index (χ2v) is 9.98. The molecule has 5 nitrogen and oxygen atoms in total. The van der Waals surface area contributed by atoms with Crippen molar-refractivity contribution in [3.63, 3.8) is 0 Å². The van der Waals surface area contributed by atoms with Gasteiger partial charge in [-0.25, -0.2) is 4.98 Å². The summed E-state index contributed by atoms with van der Waals surface area (Å²) in [6.07, 6.45) is 3.75. The molecule has 7 aromatic rings. The van der Waals surface area contributed by atoms with Crippen LogP contribution in [-0.4, -0.2) is 24.6 Å². The van der Waals surface area contributed by atoms with E-state index in [2.05, 4.69) is 60.0 Å². The maximum absolute atomic E-state index is 10.8. The third-order valence-corrected chi connectivity index (χ3v) is 7.35. The van der Waals surface area contributed by atoms with Gasteiger partial charge in [0.05, 0.1) is 22.5 Å². The fraction of sp³-hybridized carbons (Fsp3) is 0.0278. The van der Waals surface area contributed by atoms with Gasteiger partial charge in [0.25, 0.3) is 0 Å². The van der Waals surface area contributed by atoms with Crippen molar-refractivity contribution >= 4 is 11.0 Å². The number of pyridine rings is 2. The lowest BCUT2D eigenvalue weighted by atomic mass is 9.98. The van der Waals surface area contributed by atoms with Crippen molar-refractivity contribution in [2.45, 2.75) is 6.92 Å². The van der Waals surface area contributed by atoms with Gasteiger partial charge in [-0.05, 0) is 66.1 Å². The number of aromatic nitrogens is 4. The molecule has 3 heterocycles. The lowest BCUT2D eigenvalue weighted by molar-refractivity contribution is 0.477. The number of imidazole rings is 1. The lowest BCUT2D eigenvalue weighted by Gasteiger charge is -2.11. The highest BCUT2D eigenvalue weighted by Crippen LogP contribution is 2.37. The van der Waals surface area contributed by atoms with Crippen LogP contribution in [0.1, 0.15) is 5.56 Å². The molecule has 0 saturated heterocycles. The van der Waals surface area contributed by atoms with Crippen molar-refractivity contribution in [3.05, 3.63) is 139 Å². The summed E-state index contributed by atoms with van der Waals surface area (Å²) in [6, 6.07) is 40.2. The minimum absolute atomic E-state index is 0.177. The van der Waals surface area contributed by atoms with E-state index in [0.717, 1.165) is 50.4 Å². The first-order valence-corrected chi connectivity index (χ1v) is 13.5. The zero-order chi connectivity index (χ0) is 27.8. The highest BCUT2D eigenvalue weighted by molar-refractivity contribution is 5.94. The molecule has 0 fully saturated rings. The number of hydrogen-bond acceptors (Lipinski definition) is 4. The SMILES string of the molecule is Cc1cnc(-c2cccc(-c3nccc4c3nc(-c3ccccc3O)n4-c3ccccc3)c2)cc1-c1ccccc1. The highest BCUT2D eigenvalue weighted by Gasteiger charge is 2.20. The van der Waals surface area contributed by atoms with Gasteiger partial charge >= 0.3 is 0 Å². The maximum Gasteiger partial charge on any atom is 0.149 e. The molecule has 7 rings (SSSR count). The van der Waals surface area contributed by atoms with Gasteiger partial charge in [-0.3, -0.25) is 14.5 Å². The van der Waals surface area contributed by atoms with Crippen LogP contribution in [0.2, 0.25) is 0 Å². The van der Waals surface area contributed by atoms with Crippen LogP contribution in [0.3, 0.4) is 0 Å². The Morgan fingerprint density at radius 3 is 2.15 bits per heavy atom. The predicted octanol–water partition coefficient (Wildman–Crippen LogP) is 8.50. The minimum Gasteiger partial charge on any atom is -0.507 e. The van der Waals surface area contributed by atoms with E-state index in [1.807, 2.05) is 79.1 Å². The molecule has 196 valence electrons. The molecule has 0 amide bonds. The van der Waals surface area contributed by atoms with Gasteiger partial charge in [-0.2, -0.15) is 0 Å². The van der Waals surface area contributed by atoms with Crippen LogP contribution in [0.15, 0.2) is 134 Å². The summed E-state index contributed by atoms with van der Waals surface area (Å²) in [5.74, 6) is 0.832. The van der Waals surface area contributed by atoms with E-state index in [9.17, 15) is 5.11 Å². The fourth-order valence-corrected chi connectivity index (χ4v) is 5.33. The van der Waals surface area contributed by atoms with Crippen LogP contribution >= 0.6 is 0 Å².